The summed E-state index contributed by atoms with van der Waals surface area (Å²) >= 11 is 15.4. The summed E-state index contributed by atoms with van der Waals surface area (Å²) in [5.41, 5.74) is 1.64. The molecule has 1 aromatic carbocycles. The molecule has 3 nitrogen and oxygen atoms in total. The van der Waals surface area contributed by atoms with E-state index in [1.807, 2.05) is 23.6 Å². The zero-order valence-corrected chi connectivity index (χ0v) is 13.9. The second kappa shape index (κ2) is 6.40. The van der Waals surface area contributed by atoms with E-state index in [-0.39, 0.29) is 5.56 Å². The summed E-state index contributed by atoms with van der Waals surface area (Å²) in [4.78, 5) is 17.1. The van der Waals surface area contributed by atoms with Gasteiger partial charge in [-0.05, 0) is 17.7 Å². The van der Waals surface area contributed by atoms with Crippen LogP contribution in [0.25, 0.3) is 4.96 Å². The molecule has 0 N–H and O–H groups in total. The molecule has 7 heteroatoms. The number of hydrogen-bond donors (Lipinski definition) is 0. The summed E-state index contributed by atoms with van der Waals surface area (Å²) in [6.45, 7) is 0. The van der Waals surface area contributed by atoms with Crippen LogP contribution in [0.1, 0.15) is 11.3 Å². The van der Waals surface area contributed by atoms with Crippen molar-refractivity contribution >= 4 is 51.3 Å². The van der Waals surface area contributed by atoms with E-state index in [0.29, 0.717) is 26.5 Å². The van der Waals surface area contributed by atoms with Gasteiger partial charge in [0.05, 0.1) is 5.69 Å². The Morgan fingerprint density at radius 1 is 1.24 bits per heavy atom. The molecule has 0 radical (unpaired) electrons. The molecule has 0 saturated carbocycles. The molecule has 108 valence electrons. The molecule has 0 atom stereocenters. The van der Waals surface area contributed by atoms with Gasteiger partial charge >= 0.3 is 0 Å². The number of thiazole rings is 1. The fourth-order valence-corrected chi connectivity index (χ4v) is 4.29. The first-order valence-electron chi connectivity index (χ1n) is 6.11. The van der Waals surface area contributed by atoms with Crippen LogP contribution in [0.4, 0.5) is 0 Å². The number of rotatable bonds is 4. The first-order chi connectivity index (χ1) is 10.1. The summed E-state index contributed by atoms with van der Waals surface area (Å²) in [5.74, 6) is 1.33. The van der Waals surface area contributed by atoms with Gasteiger partial charge < -0.3 is 0 Å². The van der Waals surface area contributed by atoms with Crippen LogP contribution in [0.3, 0.4) is 0 Å². The summed E-state index contributed by atoms with van der Waals surface area (Å²) in [6.07, 6.45) is 1.73. The highest BCUT2D eigenvalue weighted by atomic mass is 35.5. The van der Waals surface area contributed by atoms with Gasteiger partial charge in [0.15, 0.2) is 4.96 Å². The van der Waals surface area contributed by atoms with Crippen molar-refractivity contribution in [3.63, 3.8) is 0 Å². The molecular weight excluding hydrogens is 347 g/mol. The van der Waals surface area contributed by atoms with Gasteiger partial charge in [-0.25, -0.2) is 4.98 Å². The minimum absolute atomic E-state index is 0.0485. The normalized spacial score (nSPS) is 11.1. The monoisotopic (exact) mass is 356 g/mol. The molecule has 3 aromatic rings. The average molecular weight is 357 g/mol. The molecule has 0 amide bonds. The first kappa shape index (κ1) is 14.9. The van der Waals surface area contributed by atoms with Gasteiger partial charge in [0.25, 0.3) is 5.56 Å². The maximum absolute atomic E-state index is 11.9. The smallest absolute Gasteiger partial charge is 0.258 e. The van der Waals surface area contributed by atoms with Crippen LogP contribution in [0.15, 0.2) is 40.6 Å². The third-order valence-corrected chi connectivity index (χ3v) is 5.37. The number of thioether (sulfide) groups is 1. The molecule has 0 unspecified atom stereocenters. The number of halogens is 2. The fraction of sp³-hybridized carbons (Fsp3) is 0.143. The second-order valence-electron chi connectivity index (χ2n) is 4.33. The number of aromatic nitrogens is 2. The molecule has 0 saturated heterocycles. The Morgan fingerprint density at radius 2 is 2.00 bits per heavy atom. The average Bonchev–Trinajstić information content (AvgIpc) is 2.91. The standard InChI is InChI=1S/C14H10Cl2N2OS2/c15-11-2-1-3-12(16)10(11)8-20-7-9-6-13(19)18-4-5-21-14(18)17-9/h1-6H,7-8H2. The summed E-state index contributed by atoms with van der Waals surface area (Å²) < 4.78 is 1.55. The Morgan fingerprint density at radius 3 is 2.76 bits per heavy atom. The lowest BCUT2D eigenvalue weighted by atomic mass is 10.2. The molecule has 0 spiro atoms. The lowest BCUT2D eigenvalue weighted by Crippen LogP contribution is -2.12. The quantitative estimate of drug-likeness (QED) is 0.690. The van der Waals surface area contributed by atoms with Crippen LogP contribution in [-0.4, -0.2) is 9.38 Å². The molecule has 0 aliphatic heterocycles. The highest BCUT2D eigenvalue weighted by molar-refractivity contribution is 7.97. The van der Waals surface area contributed by atoms with Crippen LogP contribution >= 0.6 is 46.3 Å². The van der Waals surface area contributed by atoms with Gasteiger partial charge in [-0.2, -0.15) is 11.8 Å². The highest BCUT2D eigenvalue weighted by Crippen LogP contribution is 2.29. The van der Waals surface area contributed by atoms with Crippen molar-refractivity contribution < 1.29 is 0 Å². The van der Waals surface area contributed by atoms with Gasteiger partial charge in [-0.3, -0.25) is 9.20 Å². The molecule has 0 fully saturated rings. The highest BCUT2D eigenvalue weighted by Gasteiger charge is 2.07. The summed E-state index contributed by atoms with van der Waals surface area (Å²) in [5, 5.41) is 3.18. The predicted octanol–water partition coefficient (Wildman–Crippen LogP) is 4.50. The second-order valence-corrected chi connectivity index (χ2v) is 7.01. The van der Waals surface area contributed by atoms with Crippen molar-refractivity contribution in [3.8, 4) is 0 Å². The summed E-state index contributed by atoms with van der Waals surface area (Å²) in [6, 6.07) is 7.05. The Bertz CT molecular complexity index is 824. The number of fused-ring (bicyclic) bond motifs is 1. The lowest BCUT2D eigenvalue weighted by Gasteiger charge is -2.06. The van der Waals surface area contributed by atoms with Crippen molar-refractivity contribution in [1.29, 1.82) is 0 Å². The Kier molecular flexibility index (Phi) is 4.54. The third-order valence-electron chi connectivity index (χ3n) is 2.91. The largest absolute Gasteiger partial charge is 0.269 e. The maximum Gasteiger partial charge on any atom is 0.258 e. The number of benzene rings is 1. The minimum atomic E-state index is -0.0485. The van der Waals surface area contributed by atoms with Crippen LogP contribution in [0.2, 0.25) is 10.0 Å². The summed E-state index contributed by atoms with van der Waals surface area (Å²) in [7, 11) is 0. The van der Waals surface area contributed by atoms with Crippen LogP contribution < -0.4 is 5.56 Å². The Balaban J connectivity index is 1.73. The van der Waals surface area contributed by atoms with E-state index >= 15 is 0 Å². The van der Waals surface area contributed by atoms with E-state index < -0.39 is 0 Å². The van der Waals surface area contributed by atoms with Gasteiger partial charge in [0.1, 0.15) is 0 Å². The maximum atomic E-state index is 11.9. The molecule has 0 aliphatic rings. The zero-order valence-electron chi connectivity index (χ0n) is 10.8. The van der Waals surface area contributed by atoms with Crippen molar-refractivity contribution in [2.24, 2.45) is 0 Å². The van der Waals surface area contributed by atoms with Crippen molar-refractivity contribution in [2.75, 3.05) is 0 Å². The molecular formula is C14H10Cl2N2OS2. The van der Waals surface area contributed by atoms with Gasteiger partial charge in [-0.15, -0.1) is 11.3 Å². The molecule has 2 aromatic heterocycles. The van der Waals surface area contributed by atoms with Crippen molar-refractivity contribution in [3.05, 3.63) is 67.5 Å². The SMILES string of the molecule is O=c1cc(CSCc2c(Cl)cccc2Cl)nc2sccn12. The van der Waals surface area contributed by atoms with Crippen LogP contribution in [-0.2, 0) is 11.5 Å². The van der Waals surface area contributed by atoms with E-state index in [9.17, 15) is 4.79 Å². The van der Waals surface area contributed by atoms with E-state index in [4.69, 9.17) is 23.2 Å². The Labute approximate surface area is 139 Å². The topological polar surface area (TPSA) is 34.4 Å². The molecule has 0 bridgehead atoms. The van der Waals surface area contributed by atoms with Gasteiger partial charge in [0, 0.05) is 39.2 Å². The first-order valence-corrected chi connectivity index (χ1v) is 8.90. The van der Waals surface area contributed by atoms with Crippen molar-refractivity contribution in [2.45, 2.75) is 11.5 Å². The van der Waals surface area contributed by atoms with Gasteiger partial charge in [0.2, 0.25) is 0 Å². The van der Waals surface area contributed by atoms with E-state index in [2.05, 4.69) is 4.98 Å². The molecule has 3 rings (SSSR count). The van der Waals surface area contributed by atoms with E-state index in [1.165, 1.54) is 11.3 Å². The zero-order chi connectivity index (χ0) is 14.8. The molecule has 2 heterocycles. The molecule has 0 aliphatic carbocycles. The molecule has 21 heavy (non-hydrogen) atoms. The minimum Gasteiger partial charge on any atom is -0.269 e. The lowest BCUT2D eigenvalue weighted by molar-refractivity contribution is 1.04. The van der Waals surface area contributed by atoms with Crippen LogP contribution in [0.5, 0.6) is 0 Å². The fourth-order valence-electron chi connectivity index (χ4n) is 1.89. The van der Waals surface area contributed by atoms with Crippen LogP contribution in [0, 0.1) is 0 Å². The Hall–Kier alpha value is -1.01. The van der Waals surface area contributed by atoms with Crippen molar-refractivity contribution in [1.82, 2.24) is 9.38 Å². The van der Waals surface area contributed by atoms with E-state index in [1.54, 1.807) is 28.4 Å². The third kappa shape index (κ3) is 3.26. The predicted molar refractivity (Wildman–Crippen MR) is 90.8 cm³/mol. The number of hydrogen-bond acceptors (Lipinski definition) is 4. The number of nitrogens with zero attached hydrogens (tertiary/aromatic N) is 2. The van der Waals surface area contributed by atoms with Gasteiger partial charge in [-0.1, -0.05) is 29.3 Å². The van der Waals surface area contributed by atoms with E-state index in [0.717, 1.165) is 11.3 Å².